The Morgan fingerprint density at radius 2 is 1.90 bits per heavy atom. The number of allylic oxidation sites excluding steroid dienone is 4. The second kappa shape index (κ2) is 16.1. The number of nitrogens with zero attached hydrogens (tertiary/aromatic N) is 3. The highest BCUT2D eigenvalue weighted by Gasteiger charge is 2.25. The topological polar surface area (TPSA) is 62.5 Å². The Morgan fingerprint density at radius 1 is 1.20 bits per heavy atom. The van der Waals surface area contributed by atoms with Gasteiger partial charge in [0.2, 0.25) is 0 Å². The van der Waals surface area contributed by atoms with Crippen LogP contribution in [-0.2, 0) is 11.2 Å². The number of benzene rings is 1. The minimum Gasteiger partial charge on any atom is -0.337 e. The average Bonchev–Trinajstić information content (AvgIpc) is 3.39. The molecule has 1 saturated heterocycles. The van der Waals surface area contributed by atoms with Crippen LogP contribution in [0.15, 0.2) is 83.5 Å². The number of rotatable bonds is 5. The van der Waals surface area contributed by atoms with E-state index in [9.17, 15) is 4.79 Å². The van der Waals surface area contributed by atoms with Gasteiger partial charge in [-0.1, -0.05) is 57.7 Å². The predicted octanol–water partition coefficient (Wildman–Crippen LogP) is 7.95. The van der Waals surface area contributed by atoms with Crippen molar-refractivity contribution in [1.29, 1.82) is 0 Å². The number of hydrogen-bond acceptors (Lipinski definition) is 5. The van der Waals surface area contributed by atoms with Gasteiger partial charge in [0.05, 0.1) is 5.01 Å². The highest BCUT2D eigenvalue weighted by atomic mass is 32.1. The number of thiazole rings is 1. The summed E-state index contributed by atoms with van der Waals surface area (Å²) in [5, 5.41) is 1.17. The normalized spacial score (nSPS) is 17.7. The standard InChI is InChI=1S/C26H33N3O.C6H9NS.C2H6/c1-18-9-6-7-10-23(18)15-19(2)21(4)22(5)29-14-12-24(16-20(29)3)26(30)28-13-8-11-25(27)17-28;1-3-6-4-7-5(2)8-6;1-2/h6-7,9-10,12,14-16,25H,3,8,11,13,17,27H2,1-2,4-5H3;4H,3H2,1-2H3;1-2H3/b19-15+,22-21+;;. The Balaban J connectivity index is 0.000000475. The van der Waals surface area contributed by atoms with E-state index >= 15 is 0 Å². The number of carbonyl (C=O) groups is 1. The first kappa shape index (κ1) is 33.0. The van der Waals surface area contributed by atoms with Crippen LogP contribution < -0.4 is 5.73 Å². The molecule has 0 spiro atoms. The number of piperidine rings is 1. The third-order valence-corrected chi connectivity index (χ3v) is 8.16. The second-order valence-electron chi connectivity index (χ2n) is 10.0. The lowest BCUT2D eigenvalue weighted by Gasteiger charge is -2.32. The van der Waals surface area contributed by atoms with Crippen LogP contribution in [0.25, 0.3) is 6.08 Å². The van der Waals surface area contributed by atoms with Crippen LogP contribution in [0.5, 0.6) is 0 Å². The third kappa shape index (κ3) is 9.17. The van der Waals surface area contributed by atoms with Crippen LogP contribution >= 0.6 is 11.3 Å². The smallest absolute Gasteiger partial charge is 0.254 e. The zero-order valence-electron chi connectivity index (χ0n) is 25.8. The maximum atomic E-state index is 12.9. The van der Waals surface area contributed by atoms with E-state index in [0.29, 0.717) is 12.1 Å². The lowest BCUT2D eigenvalue weighted by Crippen LogP contribution is -2.46. The molecule has 216 valence electrons. The molecule has 0 bridgehead atoms. The summed E-state index contributed by atoms with van der Waals surface area (Å²) in [6.07, 6.45) is 12.9. The zero-order valence-corrected chi connectivity index (χ0v) is 26.6. The van der Waals surface area contributed by atoms with Crippen LogP contribution in [0.1, 0.15) is 75.4 Å². The number of carbonyl (C=O) groups excluding carboxylic acids is 1. The van der Waals surface area contributed by atoms with Gasteiger partial charge in [0.25, 0.3) is 5.91 Å². The number of aromatic nitrogens is 1. The summed E-state index contributed by atoms with van der Waals surface area (Å²) in [6, 6.07) is 8.45. The van der Waals surface area contributed by atoms with Gasteiger partial charge in [-0.2, -0.15) is 0 Å². The number of aryl methyl sites for hydroxylation is 3. The minimum absolute atomic E-state index is 0.0381. The Bertz CT molecular complexity index is 1280. The summed E-state index contributed by atoms with van der Waals surface area (Å²) in [5.41, 5.74) is 13.5. The van der Waals surface area contributed by atoms with Gasteiger partial charge in [-0.25, -0.2) is 4.98 Å². The second-order valence-corrected chi connectivity index (χ2v) is 11.3. The van der Waals surface area contributed by atoms with Crippen molar-refractivity contribution in [2.24, 2.45) is 5.73 Å². The van der Waals surface area contributed by atoms with E-state index in [2.05, 4.69) is 76.5 Å². The van der Waals surface area contributed by atoms with Crippen LogP contribution in [0.4, 0.5) is 0 Å². The Morgan fingerprint density at radius 3 is 2.45 bits per heavy atom. The van der Waals surface area contributed by atoms with Crippen molar-refractivity contribution in [3.8, 4) is 0 Å². The molecule has 3 heterocycles. The Kier molecular flexibility index (Phi) is 13.3. The van der Waals surface area contributed by atoms with Crippen molar-refractivity contribution in [2.75, 3.05) is 13.1 Å². The molecule has 0 saturated carbocycles. The summed E-state index contributed by atoms with van der Waals surface area (Å²) in [5.74, 6) is 0.0381. The minimum atomic E-state index is 0.0381. The van der Waals surface area contributed by atoms with Gasteiger partial charge in [0.1, 0.15) is 0 Å². The van der Waals surface area contributed by atoms with E-state index in [-0.39, 0.29) is 11.9 Å². The molecule has 4 rings (SSSR count). The maximum Gasteiger partial charge on any atom is 0.254 e. The van der Waals surface area contributed by atoms with Crippen LogP contribution in [-0.4, -0.2) is 39.8 Å². The highest BCUT2D eigenvalue weighted by molar-refractivity contribution is 7.11. The van der Waals surface area contributed by atoms with Crippen LogP contribution in [0, 0.1) is 13.8 Å². The summed E-state index contributed by atoms with van der Waals surface area (Å²) in [6.45, 7) is 22.2. The number of nitrogens with two attached hydrogens (primary N) is 1. The molecule has 6 heteroatoms. The van der Waals surface area contributed by atoms with Gasteiger partial charge in [0.15, 0.2) is 0 Å². The van der Waals surface area contributed by atoms with Gasteiger partial charge >= 0.3 is 0 Å². The molecular formula is C34H48N4OS. The lowest BCUT2D eigenvalue weighted by molar-refractivity contribution is -0.127. The number of amides is 1. The molecule has 2 N–H and O–H groups in total. The molecule has 1 unspecified atom stereocenters. The maximum absolute atomic E-state index is 12.9. The van der Waals surface area contributed by atoms with Crippen molar-refractivity contribution in [1.82, 2.24) is 14.8 Å². The van der Waals surface area contributed by atoms with Gasteiger partial charge in [-0.05, 0) is 88.3 Å². The van der Waals surface area contributed by atoms with Crippen molar-refractivity contribution in [2.45, 2.75) is 80.7 Å². The Labute approximate surface area is 246 Å². The molecule has 1 aromatic carbocycles. The fraction of sp³-hybridized carbons (Fsp3) is 0.412. The van der Waals surface area contributed by atoms with E-state index in [1.54, 1.807) is 11.3 Å². The van der Waals surface area contributed by atoms with E-state index in [0.717, 1.165) is 37.2 Å². The first-order valence-electron chi connectivity index (χ1n) is 14.4. The molecule has 2 aliphatic rings. The van der Waals surface area contributed by atoms with Crippen molar-refractivity contribution in [3.05, 3.63) is 105 Å². The molecule has 0 radical (unpaired) electrons. The monoisotopic (exact) mass is 560 g/mol. The summed E-state index contributed by atoms with van der Waals surface area (Å²) < 4.78 is 0. The summed E-state index contributed by atoms with van der Waals surface area (Å²) in [4.78, 5) is 22.3. The van der Waals surface area contributed by atoms with E-state index in [4.69, 9.17) is 5.73 Å². The molecule has 2 aliphatic heterocycles. The largest absolute Gasteiger partial charge is 0.337 e. The fourth-order valence-electron chi connectivity index (χ4n) is 4.51. The average molecular weight is 561 g/mol. The van der Waals surface area contributed by atoms with Gasteiger partial charge in [-0.3, -0.25) is 4.79 Å². The molecule has 1 atom stereocenters. The van der Waals surface area contributed by atoms with Crippen LogP contribution in [0.3, 0.4) is 0 Å². The van der Waals surface area contributed by atoms with E-state index in [1.807, 2.05) is 55.1 Å². The SMILES string of the molecule is C=C1C=C(C(=O)N2CCCC(N)C2)C=CN1/C(C)=C(C)/C(C)=C/c1ccccc1C.CC.CCc1cnc(C)s1. The van der Waals surface area contributed by atoms with Gasteiger partial charge in [0, 0.05) is 53.4 Å². The highest BCUT2D eigenvalue weighted by Crippen LogP contribution is 2.27. The molecule has 0 aliphatic carbocycles. The zero-order chi connectivity index (χ0) is 29.8. The molecule has 1 aromatic heterocycles. The predicted molar refractivity (Wildman–Crippen MR) is 173 cm³/mol. The van der Waals surface area contributed by atoms with Crippen molar-refractivity contribution < 1.29 is 4.79 Å². The molecule has 2 aromatic rings. The lowest BCUT2D eigenvalue weighted by atomic mass is 10.0. The fourth-order valence-corrected chi connectivity index (χ4v) is 5.24. The van der Waals surface area contributed by atoms with Gasteiger partial charge in [-0.15, -0.1) is 11.3 Å². The molecule has 40 heavy (non-hydrogen) atoms. The van der Waals surface area contributed by atoms with Crippen molar-refractivity contribution in [3.63, 3.8) is 0 Å². The van der Waals surface area contributed by atoms with Crippen molar-refractivity contribution >= 4 is 23.3 Å². The van der Waals surface area contributed by atoms with Crippen LogP contribution in [0.2, 0.25) is 0 Å². The third-order valence-electron chi connectivity index (χ3n) is 7.10. The molecule has 5 nitrogen and oxygen atoms in total. The van der Waals surface area contributed by atoms with Gasteiger partial charge < -0.3 is 15.5 Å². The molecular weight excluding hydrogens is 512 g/mol. The Hall–Kier alpha value is -3.22. The van der Waals surface area contributed by atoms with E-state index < -0.39 is 0 Å². The summed E-state index contributed by atoms with van der Waals surface area (Å²) in [7, 11) is 0. The first-order valence-corrected chi connectivity index (χ1v) is 15.2. The number of hydrogen-bond donors (Lipinski definition) is 1. The molecule has 1 fully saturated rings. The quantitative estimate of drug-likeness (QED) is 0.377. The number of likely N-dealkylation sites (tertiary alicyclic amines) is 1. The molecule has 1 amide bonds. The van der Waals surface area contributed by atoms with E-state index in [1.165, 1.54) is 32.2 Å². The first-order chi connectivity index (χ1) is 19.1. The summed E-state index contributed by atoms with van der Waals surface area (Å²) >= 11 is 1.78.